The van der Waals surface area contributed by atoms with Crippen LogP contribution in [0.5, 0.6) is 0 Å². The molecule has 2 fully saturated rings. The third kappa shape index (κ3) is 3.41. The lowest BCUT2D eigenvalue weighted by Gasteiger charge is -2.24. The fourth-order valence-electron chi connectivity index (χ4n) is 4.63. The first-order valence-corrected chi connectivity index (χ1v) is 10.5. The SMILES string of the molecule is CC(=N)OCc1nc(NC2CC2)c2c(n1)N(c1cc(F)cc(F)c1)C(=O)C21CCCC1. The fourth-order valence-corrected chi connectivity index (χ4v) is 4.63. The van der Waals surface area contributed by atoms with Gasteiger partial charge in [-0.15, -0.1) is 0 Å². The number of carbonyl (C=O) groups is 1. The molecule has 0 bridgehead atoms. The van der Waals surface area contributed by atoms with Crippen LogP contribution in [-0.4, -0.2) is 27.8 Å². The summed E-state index contributed by atoms with van der Waals surface area (Å²) in [6.45, 7) is 1.48. The Hall–Kier alpha value is -3.10. The molecule has 9 heteroatoms. The lowest BCUT2D eigenvalue weighted by molar-refractivity contribution is -0.122. The third-order valence-corrected chi connectivity index (χ3v) is 6.14. The van der Waals surface area contributed by atoms with E-state index in [1.165, 1.54) is 11.8 Å². The van der Waals surface area contributed by atoms with Gasteiger partial charge in [0.2, 0.25) is 5.91 Å². The minimum Gasteiger partial charge on any atom is -0.473 e. The summed E-state index contributed by atoms with van der Waals surface area (Å²) in [6.07, 6.45) is 5.10. The number of aromatic nitrogens is 2. The highest BCUT2D eigenvalue weighted by Crippen LogP contribution is 2.55. The van der Waals surface area contributed by atoms with E-state index in [2.05, 4.69) is 15.3 Å². The van der Waals surface area contributed by atoms with E-state index < -0.39 is 17.0 Å². The number of benzene rings is 1. The molecule has 2 heterocycles. The van der Waals surface area contributed by atoms with Gasteiger partial charge in [-0.1, -0.05) is 12.8 Å². The summed E-state index contributed by atoms with van der Waals surface area (Å²) in [6, 6.07) is 3.36. The van der Waals surface area contributed by atoms with Crippen molar-refractivity contribution in [2.45, 2.75) is 63.5 Å². The number of nitrogens with one attached hydrogen (secondary N) is 2. The van der Waals surface area contributed by atoms with E-state index in [4.69, 9.17) is 10.1 Å². The second-order valence-electron chi connectivity index (χ2n) is 8.51. The molecular formula is C22H23F2N5O2. The van der Waals surface area contributed by atoms with Gasteiger partial charge in [0, 0.05) is 19.0 Å². The molecule has 2 N–H and O–H groups in total. The molecular weight excluding hydrogens is 404 g/mol. The molecule has 0 radical (unpaired) electrons. The van der Waals surface area contributed by atoms with Gasteiger partial charge >= 0.3 is 0 Å². The van der Waals surface area contributed by atoms with Gasteiger partial charge < -0.3 is 10.1 Å². The number of halogens is 2. The van der Waals surface area contributed by atoms with E-state index in [1.807, 2.05) is 0 Å². The number of rotatable bonds is 5. The zero-order valence-electron chi connectivity index (χ0n) is 17.2. The highest BCUT2D eigenvalue weighted by molar-refractivity contribution is 6.13. The van der Waals surface area contributed by atoms with Gasteiger partial charge in [0.25, 0.3) is 0 Å². The highest BCUT2D eigenvalue weighted by Gasteiger charge is 2.56. The van der Waals surface area contributed by atoms with Crippen molar-refractivity contribution < 1.29 is 18.3 Å². The minimum atomic E-state index is -0.799. The maximum Gasteiger partial charge on any atom is 0.243 e. The van der Waals surface area contributed by atoms with Gasteiger partial charge in [0.05, 0.1) is 16.7 Å². The number of carbonyl (C=O) groups excluding carboxylic acids is 1. The predicted octanol–water partition coefficient (Wildman–Crippen LogP) is 4.33. The van der Waals surface area contributed by atoms with Crippen LogP contribution in [0, 0.1) is 17.0 Å². The zero-order valence-corrected chi connectivity index (χ0v) is 17.2. The summed E-state index contributed by atoms with van der Waals surface area (Å²) in [5.41, 5.74) is 0.0206. The Labute approximate surface area is 178 Å². The molecule has 0 atom stereocenters. The van der Waals surface area contributed by atoms with Crippen molar-refractivity contribution in [2.75, 3.05) is 10.2 Å². The van der Waals surface area contributed by atoms with Crippen molar-refractivity contribution >= 4 is 29.1 Å². The van der Waals surface area contributed by atoms with Crippen LogP contribution in [0.2, 0.25) is 0 Å². The highest BCUT2D eigenvalue weighted by atomic mass is 19.1. The van der Waals surface area contributed by atoms with Crippen LogP contribution in [-0.2, 0) is 21.6 Å². The number of ether oxygens (including phenoxy) is 1. The molecule has 3 aliphatic rings. The standard InChI is InChI=1S/C22H23F2N5O2/c1-12(25)31-11-17-27-19(26-15-4-5-15)18-20(28-17)29(16-9-13(23)8-14(24)10-16)21(30)22(18)6-2-3-7-22/h8-10,15,25H,2-7,11H2,1H3,(H,26,27,28). The summed E-state index contributed by atoms with van der Waals surface area (Å²) < 4.78 is 33.4. The van der Waals surface area contributed by atoms with Crippen molar-refractivity contribution in [1.29, 1.82) is 5.41 Å². The zero-order chi connectivity index (χ0) is 21.8. The number of anilines is 3. The quantitative estimate of drug-likeness (QED) is 0.547. The summed E-state index contributed by atoms with van der Waals surface area (Å²) in [5, 5.41) is 10.9. The van der Waals surface area contributed by atoms with Gasteiger partial charge in [-0.2, -0.15) is 0 Å². The number of nitrogens with zero attached hydrogens (tertiary/aromatic N) is 3. The molecule has 162 valence electrons. The van der Waals surface area contributed by atoms with Crippen molar-refractivity contribution in [2.24, 2.45) is 0 Å². The third-order valence-electron chi connectivity index (χ3n) is 6.14. The van der Waals surface area contributed by atoms with Gasteiger partial charge in [-0.25, -0.2) is 18.7 Å². The monoisotopic (exact) mass is 427 g/mol. The number of amides is 1. The Balaban J connectivity index is 1.70. The molecule has 2 aliphatic carbocycles. The minimum absolute atomic E-state index is 0.0215. The van der Waals surface area contributed by atoms with Crippen molar-refractivity contribution in [1.82, 2.24) is 9.97 Å². The lowest BCUT2D eigenvalue weighted by Crippen LogP contribution is -2.36. The Morgan fingerprint density at radius 1 is 1.23 bits per heavy atom. The van der Waals surface area contributed by atoms with E-state index in [1.54, 1.807) is 0 Å². The topological polar surface area (TPSA) is 91.2 Å². The van der Waals surface area contributed by atoms with Crippen molar-refractivity contribution in [3.05, 3.63) is 41.2 Å². The fraction of sp³-hybridized carbons (Fsp3) is 0.455. The smallest absolute Gasteiger partial charge is 0.243 e. The molecule has 1 aliphatic heterocycles. The van der Waals surface area contributed by atoms with E-state index in [-0.39, 0.29) is 30.1 Å². The summed E-state index contributed by atoms with van der Waals surface area (Å²) in [5.74, 6) is -0.485. The van der Waals surface area contributed by atoms with Crippen LogP contribution in [0.3, 0.4) is 0 Å². The summed E-state index contributed by atoms with van der Waals surface area (Å²) in [4.78, 5) is 24.3. The second-order valence-corrected chi connectivity index (χ2v) is 8.51. The number of hydrogen-bond acceptors (Lipinski definition) is 6. The van der Waals surface area contributed by atoms with Crippen LogP contribution in [0.4, 0.5) is 26.1 Å². The van der Waals surface area contributed by atoms with Crippen molar-refractivity contribution in [3.8, 4) is 0 Å². The van der Waals surface area contributed by atoms with Gasteiger partial charge in [-0.05, 0) is 37.8 Å². The van der Waals surface area contributed by atoms with Crippen LogP contribution in [0.25, 0.3) is 0 Å². The van der Waals surface area contributed by atoms with Gasteiger partial charge in [0.1, 0.15) is 29.9 Å². The largest absolute Gasteiger partial charge is 0.473 e. The van der Waals surface area contributed by atoms with E-state index in [0.29, 0.717) is 35.9 Å². The summed E-state index contributed by atoms with van der Waals surface area (Å²) >= 11 is 0. The first-order valence-electron chi connectivity index (χ1n) is 10.5. The summed E-state index contributed by atoms with van der Waals surface area (Å²) in [7, 11) is 0. The van der Waals surface area contributed by atoms with Crippen molar-refractivity contribution in [3.63, 3.8) is 0 Å². The molecule has 0 unspecified atom stereocenters. The Kier molecular flexibility index (Phi) is 4.64. The average molecular weight is 427 g/mol. The van der Waals surface area contributed by atoms with E-state index >= 15 is 0 Å². The first-order chi connectivity index (χ1) is 14.9. The maximum absolute atomic E-state index is 14.0. The molecule has 2 saturated carbocycles. The van der Waals surface area contributed by atoms with E-state index in [0.717, 1.165) is 43.9 Å². The Morgan fingerprint density at radius 3 is 2.52 bits per heavy atom. The van der Waals surface area contributed by atoms with Crippen LogP contribution in [0.1, 0.15) is 56.8 Å². The Morgan fingerprint density at radius 2 is 1.90 bits per heavy atom. The predicted molar refractivity (Wildman–Crippen MR) is 111 cm³/mol. The molecule has 0 saturated heterocycles. The van der Waals surface area contributed by atoms with Crippen LogP contribution in [0.15, 0.2) is 18.2 Å². The average Bonchev–Trinajstić information content (AvgIpc) is 3.31. The molecule has 1 amide bonds. The van der Waals surface area contributed by atoms with Crippen LogP contribution >= 0.6 is 0 Å². The maximum atomic E-state index is 14.0. The number of fused-ring (bicyclic) bond motifs is 2. The lowest BCUT2D eigenvalue weighted by atomic mass is 9.80. The molecule has 1 aromatic carbocycles. The normalized spacial score (nSPS) is 19.1. The van der Waals surface area contributed by atoms with E-state index in [9.17, 15) is 13.6 Å². The molecule has 5 rings (SSSR count). The second kappa shape index (κ2) is 7.25. The van der Waals surface area contributed by atoms with Gasteiger partial charge in [0.15, 0.2) is 11.7 Å². The molecule has 2 aromatic rings. The van der Waals surface area contributed by atoms with Gasteiger partial charge in [-0.3, -0.25) is 15.1 Å². The molecule has 31 heavy (non-hydrogen) atoms. The van der Waals surface area contributed by atoms with Crippen LogP contribution < -0.4 is 10.2 Å². The number of hydrogen-bond donors (Lipinski definition) is 2. The molecule has 7 nitrogen and oxygen atoms in total. The first kappa shape index (κ1) is 19.8. The Bertz CT molecular complexity index is 1060. The molecule has 1 spiro atoms. The molecule has 1 aromatic heterocycles.